The van der Waals surface area contributed by atoms with E-state index >= 15 is 0 Å². The summed E-state index contributed by atoms with van der Waals surface area (Å²) in [6.07, 6.45) is 0.956. The summed E-state index contributed by atoms with van der Waals surface area (Å²) in [4.78, 5) is 11.8. The molecule has 1 aromatic carbocycles. The minimum absolute atomic E-state index is 0.207. The Hall–Kier alpha value is -2.44. The molecule has 2 rings (SSSR count). The van der Waals surface area contributed by atoms with Crippen LogP contribution in [0.1, 0.15) is 26.1 Å². The molecule has 1 aromatic heterocycles. The van der Waals surface area contributed by atoms with Gasteiger partial charge in [0.1, 0.15) is 0 Å². The lowest BCUT2D eigenvalue weighted by Crippen LogP contribution is -2.30. The lowest BCUT2D eigenvalue weighted by atomic mass is 10.1. The highest BCUT2D eigenvalue weighted by atomic mass is 16.2. The Morgan fingerprint density at radius 1 is 1.38 bits per heavy atom. The van der Waals surface area contributed by atoms with Crippen LogP contribution >= 0.6 is 0 Å². The molecule has 2 N–H and O–H groups in total. The van der Waals surface area contributed by atoms with E-state index in [0.29, 0.717) is 24.0 Å². The molecule has 0 fully saturated rings. The number of rotatable bonds is 5. The van der Waals surface area contributed by atoms with Crippen molar-refractivity contribution in [1.82, 2.24) is 25.5 Å². The number of carbonyl (C=O) groups excluding carboxylic acids is 1. The first-order valence-electron chi connectivity index (χ1n) is 6.96. The zero-order valence-corrected chi connectivity index (χ0v) is 12.5. The third-order valence-electron chi connectivity index (χ3n) is 2.98. The van der Waals surface area contributed by atoms with E-state index in [1.54, 1.807) is 4.68 Å². The van der Waals surface area contributed by atoms with Crippen molar-refractivity contribution in [3.8, 4) is 5.69 Å². The van der Waals surface area contributed by atoms with Crippen LogP contribution in [-0.2, 0) is 0 Å². The van der Waals surface area contributed by atoms with Gasteiger partial charge in [-0.2, -0.15) is 4.68 Å². The highest BCUT2D eigenvalue weighted by molar-refractivity contribution is 5.89. The Bertz CT molecular complexity index is 607. The maximum atomic E-state index is 11.8. The molecule has 2 amide bonds. The molecule has 0 radical (unpaired) electrons. The number of aryl methyl sites for hydroxylation is 1. The summed E-state index contributed by atoms with van der Waals surface area (Å²) >= 11 is 0. The van der Waals surface area contributed by atoms with Crippen LogP contribution in [-0.4, -0.2) is 32.8 Å². The number of hydrogen-bond donors (Lipinski definition) is 2. The second-order valence-electron chi connectivity index (χ2n) is 5.25. The lowest BCUT2D eigenvalue weighted by molar-refractivity contribution is 0.251. The molecule has 0 atom stereocenters. The predicted molar refractivity (Wildman–Crippen MR) is 80.4 cm³/mol. The average Bonchev–Trinajstić information content (AvgIpc) is 2.85. The van der Waals surface area contributed by atoms with Crippen molar-refractivity contribution in [2.45, 2.75) is 27.2 Å². The molecule has 0 saturated carbocycles. The number of benzene rings is 1. The molecule has 1 heterocycles. The lowest BCUT2D eigenvalue weighted by Gasteiger charge is -2.10. The van der Waals surface area contributed by atoms with Crippen LogP contribution in [0.5, 0.6) is 0 Å². The van der Waals surface area contributed by atoms with E-state index in [0.717, 1.165) is 12.1 Å². The van der Waals surface area contributed by atoms with E-state index in [2.05, 4.69) is 40.0 Å². The summed E-state index contributed by atoms with van der Waals surface area (Å²) < 4.78 is 1.61. The number of hydrogen-bond acceptors (Lipinski definition) is 4. The van der Waals surface area contributed by atoms with Crippen molar-refractivity contribution in [1.29, 1.82) is 0 Å². The normalized spacial score (nSPS) is 10.7. The van der Waals surface area contributed by atoms with Crippen LogP contribution in [0.3, 0.4) is 0 Å². The smallest absolute Gasteiger partial charge is 0.319 e. The number of tetrazole rings is 1. The van der Waals surface area contributed by atoms with Crippen molar-refractivity contribution in [3.05, 3.63) is 30.1 Å². The Morgan fingerprint density at radius 2 is 2.19 bits per heavy atom. The Labute approximate surface area is 123 Å². The Balaban J connectivity index is 1.98. The second kappa shape index (κ2) is 6.83. The Morgan fingerprint density at radius 3 is 2.86 bits per heavy atom. The third kappa shape index (κ3) is 4.27. The van der Waals surface area contributed by atoms with Gasteiger partial charge in [-0.1, -0.05) is 19.9 Å². The number of nitrogens with zero attached hydrogens (tertiary/aromatic N) is 4. The highest BCUT2D eigenvalue weighted by Crippen LogP contribution is 2.14. The summed E-state index contributed by atoms with van der Waals surface area (Å²) in [7, 11) is 0. The number of urea groups is 1. The highest BCUT2D eigenvalue weighted by Gasteiger charge is 2.06. The fraction of sp³-hybridized carbons (Fsp3) is 0.429. The molecule has 0 spiro atoms. The van der Waals surface area contributed by atoms with Gasteiger partial charge in [0.05, 0.1) is 5.69 Å². The summed E-state index contributed by atoms with van der Waals surface area (Å²) in [5.41, 5.74) is 1.50. The largest absolute Gasteiger partial charge is 0.338 e. The van der Waals surface area contributed by atoms with E-state index in [-0.39, 0.29) is 6.03 Å². The molecule has 0 unspecified atom stereocenters. The van der Waals surface area contributed by atoms with Crippen molar-refractivity contribution < 1.29 is 4.79 Å². The average molecular weight is 288 g/mol. The van der Waals surface area contributed by atoms with E-state index in [9.17, 15) is 4.79 Å². The van der Waals surface area contributed by atoms with Crippen LogP contribution in [0.2, 0.25) is 0 Å². The molecule has 7 nitrogen and oxygen atoms in total. The molecule has 2 aromatic rings. The first-order chi connectivity index (χ1) is 10.1. The zero-order valence-electron chi connectivity index (χ0n) is 12.5. The van der Waals surface area contributed by atoms with Gasteiger partial charge in [0.25, 0.3) is 0 Å². The van der Waals surface area contributed by atoms with Crippen LogP contribution in [0.25, 0.3) is 5.69 Å². The molecule has 7 heteroatoms. The molecule has 112 valence electrons. The zero-order chi connectivity index (χ0) is 15.2. The Kier molecular flexibility index (Phi) is 4.86. The van der Waals surface area contributed by atoms with Crippen molar-refractivity contribution in [2.24, 2.45) is 5.92 Å². The monoisotopic (exact) mass is 288 g/mol. The first-order valence-corrected chi connectivity index (χ1v) is 6.96. The quantitative estimate of drug-likeness (QED) is 0.882. The fourth-order valence-electron chi connectivity index (χ4n) is 1.84. The summed E-state index contributed by atoms with van der Waals surface area (Å²) in [5, 5.41) is 17.0. The fourth-order valence-corrected chi connectivity index (χ4v) is 1.84. The number of carbonyl (C=O) groups is 1. The van der Waals surface area contributed by atoms with Gasteiger partial charge in [-0.05, 0) is 47.9 Å². The number of nitrogens with one attached hydrogen (secondary N) is 2. The van der Waals surface area contributed by atoms with Crippen LogP contribution < -0.4 is 10.6 Å². The predicted octanol–water partition coefficient (Wildman–Crippen LogP) is 2.14. The number of aromatic nitrogens is 4. The molecular weight excluding hydrogens is 268 g/mol. The van der Waals surface area contributed by atoms with Crippen LogP contribution in [0.4, 0.5) is 10.5 Å². The van der Waals surface area contributed by atoms with Gasteiger partial charge < -0.3 is 10.6 Å². The molecule has 0 bridgehead atoms. The van der Waals surface area contributed by atoms with E-state index in [4.69, 9.17) is 0 Å². The van der Waals surface area contributed by atoms with Crippen LogP contribution in [0, 0.1) is 12.8 Å². The molecule has 0 saturated heterocycles. The first kappa shape index (κ1) is 15.0. The van der Waals surface area contributed by atoms with Gasteiger partial charge >= 0.3 is 6.03 Å². The molecule has 0 aliphatic heterocycles. The summed E-state index contributed by atoms with van der Waals surface area (Å²) in [6.45, 7) is 6.73. The van der Waals surface area contributed by atoms with Gasteiger partial charge in [-0.25, -0.2) is 4.79 Å². The number of anilines is 1. The van der Waals surface area contributed by atoms with Gasteiger partial charge in [0, 0.05) is 12.2 Å². The SMILES string of the molecule is Cc1nnnn1-c1cccc(NC(=O)NCCC(C)C)c1. The summed E-state index contributed by atoms with van der Waals surface area (Å²) in [5.74, 6) is 1.25. The molecule has 21 heavy (non-hydrogen) atoms. The van der Waals surface area contributed by atoms with Crippen molar-refractivity contribution in [3.63, 3.8) is 0 Å². The van der Waals surface area contributed by atoms with E-state index in [1.165, 1.54) is 0 Å². The topological polar surface area (TPSA) is 84.7 Å². The molecule has 0 aliphatic carbocycles. The minimum atomic E-state index is -0.207. The van der Waals surface area contributed by atoms with E-state index in [1.807, 2.05) is 31.2 Å². The van der Waals surface area contributed by atoms with Crippen molar-refractivity contribution >= 4 is 11.7 Å². The summed E-state index contributed by atoms with van der Waals surface area (Å²) in [6, 6.07) is 7.17. The minimum Gasteiger partial charge on any atom is -0.338 e. The van der Waals surface area contributed by atoms with Crippen LogP contribution in [0.15, 0.2) is 24.3 Å². The third-order valence-corrected chi connectivity index (χ3v) is 2.98. The van der Waals surface area contributed by atoms with Crippen molar-refractivity contribution in [2.75, 3.05) is 11.9 Å². The number of amides is 2. The van der Waals surface area contributed by atoms with Gasteiger partial charge in [0.15, 0.2) is 5.82 Å². The maximum absolute atomic E-state index is 11.8. The maximum Gasteiger partial charge on any atom is 0.319 e. The second-order valence-corrected chi connectivity index (χ2v) is 5.25. The van der Waals surface area contributed by atoms with E-state index < -0.39 is 0 Å². The van der Waals surface area contributed by atoms with Gasteiger partial charge in [0.2, 0.25) is 0 Å². The molecular formula is C14H20N6O. The standard InChI is InChI=1S/C14H20N6O/c1-10(2)7-8-15-14(21)16-12-5-4-6-13(9-12)20-11(3)17-18-19-20/h4-6,9-10H,7-8H2,1-3H3,(H2,15,16,21). The van der Waals surface area contributed by atoms with Gasteiger partial charge in [-0.15, -0.1) is 5.10 Å². The van der Waals surface area contributed by atoms with Gasteiger partial charge in [-0.3, -0.25) is 0 Å². The molecule has 0 aliphatic rings.